The van der Waals surface area contributed by atoms with E-state index < -0.39 is 0 Å². The molecular weight excluding hydrogens is 420 g/mol. The third-order valence-corrected chi connectivity index (χ3v) is 5.31. The molecule has 5 aromatic heterocycles. The molecule has 0 bridgehead atoms. The van der Waals surface area contributed by atoms with Crippen molar-refractivity contribution in [3.63, 3.8) is 0 Å². The van der Waals surface area contributed by atoms with Gasteiger partial charge in [-0.25, -0.2) is 15.0 Å². The first kappa shape index (κ1) is 18.9. The minimum absolute atomic E-state index is 0.280. The highest BCUT2D eigenvalue weighted by Crippen LogP contribution is 2.28. The topological polar surface area (TPSA) is 111 Å². The van der Waals surface area contributed by atoms with Crippen LogP contribution in [0.1, 0.15) is 16.1 Å². The molecule has 1 aromatic carbocycles. The minimum atomic E-state index is -0.300. The summed E-state index contributed by atoms with van der Waals surface area (Å²) in [5, 5.41) is 7.48. The molecule has 0 saturated heterocycles. The Morgan fingerprint density at radius 2 is 1.94 bits per heavy atom. The van der Waals surface area contributed by atoms with E-state index in [0.717, 1.165) is 11.3 Å². The Hall–Kier alpha value is -4.79. The van der Waals surface area contributed by atoms with Crippen molar-refractivity contribution in [2.24, 2.45) is 0 Å². The van der Waals surface area contributed by atoms with Crippen LogP contribution in [0.25, 0.3) is 39.6 Å². The number of aryl methyl sites for hydroxylation is 1. The highest BCUT2D eigenvalue weighted by atomic mass is 16.5. The molecule has 160 valence electrons. The van der Waals surface area contributed by atoms with E-state index in [2.05, 4.69) is 25.4 Å². The lowest BCUT2D eigenvalue weighted by atomic mass is 10.1. The number of carbonyl (C=O) groups is 1. The molecular formula is C24H16N6O3. The number of aromatic nitrogens is 5. The van der Waals surface area contributed by atoms with Gasteiger partial charge in [0.1, 0.15) is 5.69 Å². The van der Waals surface area contributed by atoms with Crippen molar-refractivity contribution in [2.45, 2.75) is 6.92 Å². The van der Waals surface area contributed by atoms with Gasteiger partial charge in [-0.15, -0.1) is 0 Å². The molecule has 0 aliphatic rings. The third kappa shape index (κ3) is 3.32. The van der Waals surface area contributed by atoms with Crippen molar-refractivity contribution in [2.75, 3.05) is 5.32 Å². The zero-order chi connectivity index (χ0) is 22.4. The van der Waals surface area contributed by atoms with E-state index in [1.54, 1.807) is 37.6 Å². The quantitative estimate of drug-likeness (QED) is 0.424. The maximum Gasteiger partial charge on any atom is 0.259 e. The number of rotatable bonds is 4. The van der Waals surface area contributed by atoms with Gasteiger partial charge < -0.3 is 14.3 Å². The average Bonchev–Trinajstić information content (AvgIpc) is 3.59. The number of fused-ring (bicyclic) bond motifs is 2. The summed E-state index contributed by atoms with van der Waals surface area (Å²) in [5.41, 5.74) is 4.12. The number of anilines is 1. The maximum atomic E-state index is 13.2. The molecule has 33 heavy (non-hydrogen) atoms. The van der Waals surface area contributed by atoms with Gasteiger partial charge >= 0.3 is 0 Å². The largest absolute Gasteiger partial charge is 0.463 e. The predicted molar refractivity (Wildman–Crippen MR) is 121 cm³/mol. The lowest BCUT2D eigenvalue weighted by molar-refractivity contribution is 0.102. The molecule has 0 spiro atoms. The van der Waals surface area contributed by atoms with Gasteiger partial charge in [-0.2, -0.15) is 0 Å². The Kier molecular flexibility index (Phi) is 4.25. The van der Waals surface area contributed by atoms with E-state index in [1.807, 2.05) is 47.1 Å². The number of imidazole rings is 1. The van der Waals surface area contributed by atoms with Gasteiger partial charge in [-0.1, -0.05) is 17.3 Å². The van der Waals surface area contributed by atoms with Gasteiger partial charge in [-0.05, 0) is 43.3 Å². The zero-order valence-electron chi connectivity index (χ0n) is 17.4. The van der Waals surface area contributed by atoms with Crippen molar-refractivity contribution in [3.8, 4) is 22.7 Å². The van der Waals surface area contributed by atoms with E-state index in [-0.39, 0.29) is 11.6 Å². The number of carbonyl (C=O) groups excluding carboxylic acids is 1. The van der Waals surface area contributed by atoms with Crippen LogP contribution in [0.3, 0.4) is 0 Å². The molecule has 0 unspecified atom stereocenters. The Balaban J connectivity index is 1.31. The molecule has 0 atom stereocenters. The smallest absolute Gasteiger partial charge is 0.259 e. The van der Waals surface area contributed by atoms with Crippen LogP contribution in [-0.2, 0) is 0 Å². The summed E-state index contributed by atoms with van der Waals surface area (Å²) in [7, 11) is 0. The van der Waals surface area contributed by atoms with E-state index in [1.165, 1.54) is 0 Å². The fourth-order valence-corrected chi connectivity index (χ4v) is 3.72. The van der Waals surface area contributed by atoms with Crippen LogP contribution in [0.4, 0.5) is 5.69 Å². The first-order valence-corrected chi connectivity index (χ1v) is 10.2. The number of benzene rings is 1. The highest BCUT2D eigenvalue weighted by molar-refractivity contribution is 6.13. The number of hydrogen-bond donors (Lipinski definition) is 1. The number of hydrogen-bond acceptors (Lipinski definition) is 7. The van der Waals surface area contributed by atoms with Crippen molar-refractivity contribution in [3.05, 3.63) is 84.6 Å². The standard InChI is InChI=1S/C24H16N6O3/c1-14-21-17(12-18(20-4-2-11-32-20)27-23(21)33-29-14)22(31)26-16-7-5-15(6-8-16)19-13-30-10-3-9-25-24(30)28-19/h2-13H,1H3,(H,26,31). The number of amides is 1. The molecule has 9 heteroatoms. The van der Waals surface area contributed by atoms with Crippen molar-refractivity contribution in [1.29, 1.82) is 0 Å². The van der Waals surface area contributed by atoms with Gasteiger partial charge in [0.05, 0.1) is 28.6 Å². The first-order valence-electron chi connectivity index (χ1n) is 10.2. The van der Waals surface area contributed by atoms with Gasteiger partial charge in [-0.3, -0.25) is 9.20 Å². The number of nitrogens with one attached hydrogen (secondary N) is 1. The molecule has 0 aliphatic heterocycles. The monoisotopic (exact) mass is 436 g/mol. The maximum absolute atomic E-state index is 13.2. The SMILES string of the molecule is Cc1noc2nc(-c3ccco3)cc(C(=O)Nc3ccc(-c4cn5cccnc5n4)cc3)c12. The predicted octanol–water partition coefficient (Wildman–Crippen LogP) is 4.75. The Morgan fingerprint density at radius 3 is 2.73 bits per heavy atom. The second kappa shape index (κ2) is 7.41. The molecule has 0 aliphatic carbocycles. The molecule has 1 N–H and O–H groups in total. The third-order valence-electron chi connectivity index (χ3n) is 5.31. The normalized spacial score (nSPS) is 11.3. The number of furan rings is 1. The minimum Gasteiger partial charge on any atom is -0.463 e. The summed E-state index contributed by atoms with van der Waals surface area (Å²) in [6.07, 6.45) is 7.06. The van der Waals surface area contributed by atoms with E-state index in [0.29, 0.717) is 39.6 Å². The lowest BCUT2D eigenvalue weighted by Crippen LogP contribution is -2.13. The fraction of sp³-hybridized carbons (Fsp3) is 0.0417. The van der Waals surface area contributed by atoms with Crippen LogP contribution in [0.5, 0.6) is 0 Å². The summed E-state index contributed by atoms with van der Waals surface area (Å²) in [5.74, 6) is 0.862. The van der Waals surface area contributed by atoms with E-state index >= 15 is 0 Å². The summed E-state index contributed by atoms with van der Waals surface area (Å²) in [6, 6.07) is 14.5. The Bertz CT molecular complexity index is 1580. The molecule has 0 fully saturated rings. The van der Waals surface area contributed by atoms with E-state index in [9.17, 15) is 4.79 Å². The molecule has 6 aromatic rings. The lowest BCUT2D eigenvalue weighted by Gasteiger charge is -2.08. The van der Waals surface area contributed by atoms with Crippen LogP contribution in [-0.4, -0.2) is 30.4 Å². The highest BCUT2D eigenvalue weighted by Gasteiger charge is 2.20. The van der Waals surface area contributed by atoms with Crippen molar-refractivity contribution >= 4 is 28.5 Å². The first-order chi connectivity index (χ1) is 16.2. The van der Waals surface area contributed by atoms with E-state index in [4.69, 9.17) is 8.94 Å². The Morgan fingerprint density at radius 1 is 1.06 bits per heavy atom. The molecule has 0 saturated carbocycles. The summed E-state index contributed by atoms with van der Waals surface area (Å²) in [6.45, 7) is 1.77. The second-order valence-electron chi connectivity index (χ2n) is 7.47. The average molecular weight is 436 g/mol. The second-order valence-corrected chi connectivity index (χ2v) is 7.47. The Labute approximate surface area is 186 Å². The molecule has 5 heterocycles. The number of nitrogens with zero attached hydrogens (tertiary/aromatic N) is 5. The molecule has 6 rings (SSSR count). The van der Waals surface area contributed by atoms with Crippen LogP contribution < -0.4 is 5.32 Å². The van der Waals surface area contributed by atoms with Gasteiger partial charge in [0.15, 0.2) is 5.76 Å². The summed E-state index contributed by atoms with van der Waals surface area (Å²) >= 11 is 0. The summed E-state index contributed by atoms with van der Waals surface area (Å²) in [4.78, 5) is 26.4. The van der Waals surface area contributed by atoms with Gasteiger partial charge in [0, 0.05) is 29.8 Å². The summed E-state index contributed by atoms with van der Waals surface area (Å²) < 4.78 is 12.6. The van der Waals surface area contributed by atoms with Crippen LogP contribution in [0.15, 0.2) is 82.3 Å². The zero-order valence-corrected chi connectivity index (χ0v) is 17.4. The van der Waals surface area contributed by atoms with Crippen LogP contribution in [0.2, 0.25) is 0 Å². The van der Waals surface area contributed by atoms with Gasteiger partial charge in [0.25, 0.3) is 11.6 Å². The fourth-order valence-electron chi connectivity index (χ4n) is 3.72. The van der Waals surface area contributed by atoms with Gasteiger partial charge in [0.2, 0.25) is 5.78 Å². The van der Waals surface area contributed by atoms with Crippen molar-refractivity contribution in [1.82, 2.24) is 24.5 Å². The van der Waals surface area contributed by atoms with Crippen molar-refractivity contribution < 1.29 is 13.7 Å². The number of pyridine rings is 1. The molecule has 9 nitrogen and oxygen atoms in total. The molecule has 0 radical (unpaired) electrons. The van der Waals surface area contributed by atoms with Crippen LogP contribution >= 0.6 is 0 Å². The molecule has 1 amide bonds. The van der Waals surface area contributed by atoms with Crippen LogP contribution in [0, 0.1) is 6.92 Å².